The van der Waals surface area contributed by atoms with Gasteiger partial charge in [-0.3, -0.25) is 4.79 Å². The molecular formula is C14H13ClN2OS. The standard InChI is InChI=1S/C14H13ClN2OS/c15-11-5-3-4-10(8-11)13-16-12(9-19-13)14(18)17-6-1-2-7-17/h3-5,8-9H,1-2,6-7H2. The van der Waals surface area contributed by atoms with Gasteiger partial charge in [-0.25, -0.2) is 4.98 Å². The molecule has 1 saturated heterocycles. The van der Waals surface area contributed by atoms with Crippen LogP contribution in [0.25, 0.3) is 10.6 Å². The van der Waals surface area contributed by atoms with E-state index in [9.17, 15) is 4.79 Å². The fraction of sp³-hybridized carbons (Fsp3) is 0.286. The first kappa shape index (κ1) is 12.6. The third-order valence-corrected chi connectivity index (χ3v) is 4.31. The minimum Gasteiger partial charge on any atom is -0.337 e. The van der Waals surface area contributed by atoms with Crippen molar-refractivity contribution in [3.63, 3.8) is 0 Å². The maximum absolute atomic E-state index is 12.2. The maximum atomic E-state index is 12.2. The normalized spacial score (nSPS) is 14.9. The van der Waals surface area contributed by atoms with Gasteiger partial charge in [-0.15, -0.1) is 11.3 Å². The third kappa shape index (κ3) is 2.65. The van der Waals surface area contributed by atoms with E-state index in [4.69, 9.17) is 11.6 Å². The number of likely N-dealkylation sites (tertiary alicyclic amines) is 1. The van der Waals surface area contributed by atoms with Crippen molar-refractivity contribution in [2.75, 3.05) is 13.1 Å². The van der Waals surface area contributed by atoms with Crippen LogP contribution < -0.4 is 0 Å². The van der Waals surface area contributed by atoms with Gasteiger partial charge in [0.05, 0.1) is 0 Å². The summed E-state index contributed by atoms with van der Waals surface area (Å²) in [6.07, 6.45) is 2.19. The Hall–Kier alpha value is -1.39. The van der Waals surface area contributed by atoms with E-state index in [1.165, 1.54) is 11.3 Å². The van der Waals surface area contributed by atoms with Gasteiger partial charge in [0.2, 0.25) is 0 Å². The molecule has 2 heterocycles. The van der Waals surface area contributed by atoms with Crippen molar-refractivity contribution in [1.82, 2.24) is 9.88 Å². The Morgan fingerprint density at radius 2 is 2.11 bits per heavy atom. The van der Waals surface area contributed by atoms with Crippen molar-refractivity contribution in [3.8, 4) is 10.6 Å². The van der Waals surface area contributed by atoms with Gasteiger partial charge in [0.25, 0.3) is 5.91 Å². The molecule has 0 unspecified atom stereocenters. The Kier molecular flexibility index (Phi) is 3.53. The summed E-state index contributed by atoms with van der Waals surface area (Å²) in [5, 5.41) is 3.35. The van der Waals surface area contributed by atoms with Gasteiger partial charge >= 0.3 is 0 Å². The minimum atomic E-state index is 0.0435. The number of benzene rings is 1. The lowest BCUT2D eigenvalue weighted by atomic mass is 10.2. The van der Waals surface area contributed by atoms with Crippen LogP contribution in [0.4, 0.5) is 0 Å². The number of thiazole rings is 1. The van der Waals surface area contributed by atoms with Crippen LogP contribution in [-0.4, -0.2) is 28.9 Å². The lowest BCUT2D eigenvalue weighted by Crippen LogP contribution is -2.27. The molecule has 5 heteroatoms. The van der Waals surface area contributed by atoms with Gasteiger partial charge in [0.15, 0.2) is 0 Å². The topological polar surface area (TPSA) is 33.2 Å². The number of hydrogen-bond donors (Lipinski definition) is 0. The van der Waals surface area contributed by atoms with Crippen LogP contribution in [0.3, 0.4) is 0 Å². The Labute approximate surface area is 120 Å². The molecule has 1 fully saturated rings. The average Bonchev–Trinajstić information content (AvgIpc) is 3.10. The molecule has 3 rings (SSSR count). The van der Waals surface area contributed by atoms with E-state index >= 15 is 0 Å². The Bertz CT molecular complexity index is 605. The van der Waals surface area contributed by atoms with E-state index in [-0.39, 0.29) is 5.91 Å². The van der Waals surface area contributed by atoms with Crippen LogP contribution in [0, 0.1) is 0 Å². The first-order valence-electron chi connectivity index (χ1n) is 6.25. The van der Waals surface area contributed by atoms with Gasteiger partial charge in [-0.2, -0.15) is 0 Å². The van der Waals surface area contributed by atoms with Crippen LogP contribution in [-0.2, 0) is 0 Å². The molecule has 3 nitrogen and oxygen atoms in total. The van der Waals surface area contributed by atoms with Crippen LogP contribution in [0.15, 0.2) is 29.6 Å². The Morgan fingerprint density at radius 1 is 1.32 bits per heavy atom. The lowest BCUT2D eigenvalue weighted by molar-refractivity contribution is 0.0788. The summed E-state index contributed by atoms with van der Waals surface area (Å²) in [7, 11) is 0. The van der Waals surface area contributed by atoms with Crippen molar-refractivity contribution in [2.24, 2.45) is 0 Å². The van der Waals surface area contributed by atoms with E-state index in [0.29, 0.717) is 10.7 Å². The number of hydrogen-bond acceptors (Lipinski definition) is 3. The molecule has 0 spiro atoms. The number of halogens is 1. The molecule has 0 N–H and O–H groups in total. The minimum absolute atomic E-state index is 0.0435. The summed E-state index contributed by atoms with van der Waals surface area (Å²) in [6, 6.07) is 7.54. The molecule has 98 valence electrons. The molecule has 0 aliphatic carbocycles. The van der Waals surface area contributed by atoms with Crippen LogP contribution in [0.2, 0.25) is 5.02 Å². The Morgan fingerprint density at radius 3 is 2.84 bits per heavy atom. The smallest absolute Gasteiger partial charge is 0.273 e. The lowest BCUT2D eigenvalue weighted by Gasteiger charge is -2.12. The molecule has 19 heavy (non-hydrogen) atoms. The van der Waals surface area contributed by atoms with E-state index in [1.54, 1.807) is 0 Å². The molecular weight excluding hydrogens is 280 g/mol. The fourth-order valence-corrected chi connectivity index (χ4v) is 3.19. The molecule has 0 atom stereocenters. The Balaban J connectivity index is 1.85. The molecule has 1 aromatic carbocycles. The maximum Gasteiger partial charge on any atom is 0.273 e. The van der Waals surface area contributed by atoms with Gasteiger partial charge in [-0.05, 0) is 25.0 Å². The molecule has 1 aromatic heterocycles. The van der Waals surface area contributed by atoms with E-state index < -0.39 is 0 Å². The van der Waals surface area contributed by atoms with E-state index in [0.717, 1.165) is 36.5 Å². The second-order valence-electron chi connectivity index (χ2n) is 4.55. The molecule has 1 aliphatic heterocycles. The summed E-state index contributed by atoms with van der Waals surface area (Å²) in [6.45, 7) is 1.70. The third-order valence-electron chi connectivity index (χ3n) is 3.19. The highest BCUT2D eigenvalue weighted by atomic mass is 35.5. The highest BCUT2D eigenvalue weighted by Crippen LogP contribution is 2.26. The zero-order valence-corrected chi connectivity index (χ0v) is 11.9. The van der Waals surface area contributed by atoms with Crippen molar-refractivity contribution in [2.45, 2.75) is 12.8 Å². The van der Waals surface area contributed by atoms with E-state index in [1.807, 2.05) is 34.5 Å². The SMILES string of the molecule is O=C(c1csc(-c2cccc(Cl)c2)n1)N1CCCC1. The molecule has 2 aromatic rings. The van der Waals surface area contributed by atoms with Gasteiger partial charge in [0.1, 0.15) is 10.7 Å². The summed E-state index contributed by atoms with van der Waals surface area (Å²) in [4.78, 5) is 18.5. The highest BCUT2D eigenvalue weighted by Gasteiger charge is 2.21. The predicted octanol–water partition coefficient (Wildman–Crippen LogP) is 3.70. The number of aromatic nitrogens is 1. The average molecular weight is 293 g/mol. The van der Waals surface area contributed by atoms with Gasteiger partial charge < -0.3 is 4.90 Å². The number of amides is 1. The first-order chi connectivity index (χ1) is 9.24. The number of nitrogens with zero attached hydrogens (tertiary/aromatic N) is 2. The van der Waals surface area contributed by atoms with Crippen molar-refractivity contribution in [3.05, 3.63) is 40.4 Å². The summed E-state index contributed by atoms with van der Waals surface area (Å²) < 4.78 is 0. The summed E-state index contributed by atoms with van der Waals surface area (Å²) in [5.74, 6) is 0.0435. The zero-order valence-electron chi connectivity index (χ0n) is 10.3. The van der Waals surface area contributed by atoms with Crippen LogP contribution >= 0.6 is 22.9 Å². The molecule has 1 amide bonds. The number of rotatable bonds is 2. The predicted molar refractivity (Wildman–Crippen MR) is 77.7 cm³/mol. The quantitative estimate of drug-likeness (QED) is 0.845. The molecule has 0 bridgehead atoms. The number of carbonyl (C=O) groups excluding carboxylic acids is 1. The second kappa shape index (κ2) is 5.31. The molecule has 0 radical (unpaired) electrons. The highest BCUT2D eigenvalue weighted by molar-refractivity contribution is 7.13. The number of carbonyl (C=O) groups is 1. The van der Waals surface area contributed by atoms with Crippen LogP contribution in [0.5, 0.6) is 0 Å². The largest absolute Gasteiger partial charge is 0.337 e. The van der Waals surface area contributed by atoms with Gasteiger partial charge in [0, 0.05) is 29.1 Å². The fourth-order valence-electron chi connectivity index (χ4n) is 2.21. The zero-order chi connectivity index (χ0) is 13.2. The first-order valence-corrected chi connectivity index (χ1v) is 7.50. The monoisotopic (exact) mass is 292 g/mol. The molecule has 0 saturated carbocycles. The van der Waals surface area contributed by atoms with Crippen molar-refractivity contribution < 1.29 is 4.79 Å². The van der Waals surface area contributed by atoms with Crippen LogP contribution in [0.1, 0.15) is 23.3 Å². The van der Waals surface area contributed by atoms with Gasteiger partial charge in [-0.1, -0.05) is 23.7 Å². The van der Waals surface area contributed by atoms with Crippen molar-refractivity contribution in [1.29, 1.82) is 0 Å². The summed E-state index contributed by atoms with van der Waals surface area (Å²) >= 11 is 7.45. The second-order valence-corrected chi connectivity index (χ2v) is 5.84. The molecule has 1 aliphatic rings. The van der Waals surface area contributed by atoms with Crippen molar-refractivity contribution >= 4 is 28.8 Å². The van der Waals surface area contributed by atoms with E-state index in [2.05, 4.69) is 4.98 Å². The summed E-state index contributed by atoms with van der Waals surface area (Å²) in [5.41, 5.74) is 1.50.